The van der Waals surface area contributed by atoms with Crippen molar-refractivity contribution in [2.24, 2.45) is 0 Å². The zero-order chi connectivity index (χ0) is 39.4. The van der Waals surface area contributed by atoms with Crippen molar-refractivity contribution in [1.29, 1.82) is 0 Å². The fraction of sp³-hybridized carbons (Fsp3) is 0.571. The van der Waals surface area contributed by atoms with Gasteiger partial charge in [0.05, 0.1) is 25.4 Å². The molecule has 19 heteroatoms. The molecule has 19 nitrogen and oxygen atoms in total. The van der Waals surface area contributed by atoms with Crippen molar-refractivity contribution >= 4 is 12.0 Å². The van der Waals surface area contributed by atoms with Gasteiger partial charge in [0.2, 0.25) is 0 Å². The Hall–Kier alpha value is -3.67. The van der Waals surface area contributed by atoms with E-state index in [4.69, 9.17) is 33.2 Å². The number of phenols is 4. The number of aliphatic hydroxyl groups is 7. The summed E-state index contributed by atoms with van der Waals surface area (Å²) in [5, 5.41) is 114. The molecule has 2 aromatic rings. The summed E-state index contributed by atoms with van der Waals surface area (Å²) in [5.41, 5.74) is 0.833. The van der Waals surface area contributed by atoms with Crippen molar-refractivity contribution in [2.45, 2.75) is 112 Å². The number of carbonyl (C=O) groups excluding carboxylic acids is 1. The van der Waals surface area contributed by atoms with Crippen LogP contribution in [0.5, 0.6) is 23.0 Å². The van der Waals surface area contributed by atoms with Crippen LogP contribution in [0.15, 0.2) is 42.5 Å². The molecule has 0 bridgehead atoms. The zero-order valence-corrected chi connectivity index (χ0v) is 29.1. The Labute approximate surface area is 308 Å². The Balaban J connectivity index is 1.40. The molecule has 3 aliphatic rings. The highest BCUT2D eigenvalue weighted by molar-refractivity contribution is 5.87. The lowest BCUT2D eigenvalue weighted by molar-refractivity contribution is -0.385. The number of carbonyl (C=O) groups is 1. The van der Waals surface area contributed by atoms with E-state index in [-0.39, 0.29) is 30.3 Å². The molecular weight excluding hydrogens is 724 g/mol. The fourth-order valence-electron chi connectivity index (χ4n) is 6.17. The molecule has 11 N–H and O–H groups in total. The molecule has 0 saturated carbocycles. The van der Waals surface area contributed by atoms with Crippen LogP contribution in [0.25, 0.3) is 6.08 Å². The molecule has 3 heterocycles. The Morgan fingerprint density at radius 3 is 1.93 bits per heavy atom. The lowest BCUT2D eigenvalue weighted by Crippen LogP contribution is -2.66. The molecule has 0 aliphatic carbocycles. The minimum atomic E-state index is -1.84. The monoisotopic (exact) mass is 770 g/mol. The number of aliphatic hydroxyl groups excluding tert-OH is 7. The summed E-state index contributed by atoms with van der Waals surface area (Å²) in [5.74, 6) is -2.58. The smallest absolute Gasteiger partial charge is 0.331 e. The van der Waals surface area contributed by atoms with Crippen LogP contribution in [-0.2, 0) is 44.4 Å². The van der Waals surface area contributed by atoms with Crippen LogP contribution in [0.4, 0.5) is 0 Å². The van der Waals surface area contributed by atoms with Gasteiger partial charge in [-0.1, -0.05) is 12.1 Å². The standard InChI is InChI=1S/C35H46O19/c1-14-24(42)26(44)28(46)34(49-14)54-32-27(45)25(43)15(2)50-35(32)53-31-29(47)33(48-10-9-17-4-7-19(38)21(40)12-17)51-22(13-36)30(31)52-23(41)8-5-16-3-6-18(37)20(39)11-16/h3-8,11-12,14-15,22,24-40,42-47H,9-10,13H2,1-2H3. The van der Waals surface area contributed by atoms with Crippen molar-refractivity contribution in [3.8, 4) is 23.0 Å². The van der Waals surface area contributed by atoms with Gasteiger partial charge in [-0.3, -0.25) is 0 Å². The van der Waals surface area contributed by atoms with E-state index in [1.807, 2.05) is 0 Å². The van der Waals surface area contributed by atoms with Gasteiger partial charge >= 0.3 is 5.97 Å². The van der Waals surface area contributed by atoms with Gasteiger partial charge in [-0.2, -0.15) is 0 Å². The topological polar surface area (TPSA) is 304 Å². The van der Waals surface area contributed by atoms with Crippen LogP contribution < -0.4 is 0 Å². The highest BCUT2D eigenvalue weighted by Gasteiger charge is 2.54. The molecule has 3 aliphatic heterocycles. The summed E-state index contributed by atoms with van der Waals surface area (Å²) < 4.78 is 40.5. The molecule has 0 amide bonds. The Kier molecular flexibility index (Phi) is 13.7. The van der Waals surface area contributed by atoms with Gasteiger partial charge in [-0.15, -0.1) is 0 Å². The van der Waals surface area contributed by atoms with Gasteiger partial charge in [0, 0.05) is 6.08 Å². The first-order valence-corrected chi connectivity index (χ1v) is 17.1. The number of benzene rings is 2. The van der Waals surface area contributed by atoms with E-state index in [1.54, 1.807) is 0 Å². The van der Waals surface area contributed by atoms with Crippen molar-refractivity contribution in [2.75, 3.05) is 13.2 Å². The van der Waals surface area contributed by atoms with Crippen LogP contribution in [0.2, 0.25) is 0 Å². The van der Waals surface area contributed by atoms with Crippen molar-refractivity contribution in [3.63, 3.8) is 0 Å². The van der Waals surface area contributed by atoms with E-state index >= 15 is 0 Å². The first kappa shape index (κ1) is 41.5. The second kappa shape index (κ2) is 17.9. The second-order valence-corrected chi connectivity index (χ2v) is 13.2. The van der Waals surface area contributed by atoms with Gasteiger partial charge in [0.25, 0.3) is 0 Å². The van der Waals surface area contributed by atoms with E-state index in [0.717, 1.165) is 6.08 Å². The third-order valence-electron chi connectivity index (χ3n) is 9.35. The summed E-state index contributed by atoms with van der Waals surface area (Å²) in [7, 11) is 0. The second-order valence-electron chi connectivity index (χ2n) is 13.2. The highest BCUT2D eigenvalue weighted by atomic mass is 16.8. The van der Waals surface area contributed by atoms with Gasteiger partial charge in [0.1, 0.15) is 54.9 Å². The lowest BCUT2D eigenvalue weighted by atomic mass is 9.96. The first-order valence-electron chi connectivity index (χ1n) is 17.1. The van der Waals surface area contributed by atoms with Gasteiger partial charge < -0.3 is 89.3 Å². The van der Waals surface area contributed by atoms with Crippen molar-refractivity contribution in [3.05, 3.63) is 53.6 Å². The number of hydrogen-bond acceptors (Lipinski definition) is 19. The molecule has 0 aromatic heterocycles. The summed E-state index contributed by atoms with van der Waals surface area (Å²) in [6, 6.07) is 7.86. The predicted octanol–water partition coefficient (Wildman–Crippen LogP) is -2.16. The third kappa shape index (κ3) is 9.40. The summed E-state index contributed by atoms with van der Waals surface area (Å²) >= 11 is 0. The van der Waals surface area contributed by atoms with E-state index in [0.29, 0.717) is 11.1 Å². The molecule has 54 heavy (non-hydrogen) atoms. The number of phenolic OH excluding ortho intramolecular Hbond substituents is 4. The molecule has 0 radical (unpaired) electrons. The summed E-state index contributed by atoms with van der Waals surface area (Å²) in [6.07, 6.45) is -21.5. The maximum atomic E-state index is 13.1. The largest absolute Gasteiger partial charge is 0.504 e. The van der Waals surface area contributed by atoms with Crippen LogP contribution in [0.1, 0.15) is 25.0 Å². The number of rotatable bonds is 12. The molecule has 3 saturated heterocycles. The van der Waals surface area contributed by atoms with Gasteiger partial charge in [-0.05, 0) is 61.7 Å². The highest BCUT2D eigenvalue weighted by Crippen LogP contribution is 2.34. The number of hydrogen-bond donors (Lipinski definition) is 11. The van der Waals surface area contributed by atoms with E-state index in [9.17, 15) is 61.0 Å². The van der Waals surface area contributed by atoms with Crippen LogP contribution in [0.3, 0.4) is 0 Å². The van der Waals surface area contributed by atoms with Crippen LogP contribution in [0, 0.1) is 0 Å². The maximum absolute atomic E-state index is 13.1. The normalized spacial score (nSPS) is 37.3. The molecule has 5 rings (SSSR count). The van der Waals surface area contributed by atoms with Crippen LogP contribution in [-0.4, -0.2) is 167 Å². The van der Waals surface area contributed by atoms with Crippen LogP contribution >= 0.6 is 0 Å². The van der Waals surface area contributed by atoms with Crippen molar-refractivity contribution in [1.82, 2.24) is 0 Å². The van der Waals surface area contributed by atoms with Gasteiger partial charge in [0.15, 0.2) is 48.0 Å². The fourth-order valence-corrected chi connectivity index (χ4v) is 6.17. The summed E-state index contributed by atoms with van der Waals surface area (Å²) in [6.45, 7) is 1.84. The van der Waals surface area contributed by atoms with Crippen molar-refractivity contribution < 1.29 is 94.1 Å². The SMILES string of the molecule is CC1OC(OC2C(OC3C(O)C(OCCc4ccc(O)c(O)c4)OC(CO)C3OC(=O)C=Cc3ccc(O)c(O)c3)OC(C)C(O)C2O)C(O)C(O)C1O. The maximum Gasteiger partial charge on any atom is 0.331 e. The quantitative estimate of drug-likeness (QED) is 0.0622. The molecule has 2 aromatic carbocycles. The van der Waals surface area contributed by atoms with Gasteiger partial charge in [-0.25, -0.2) is 4.79 Å². The Morgan fingerprint density at radius 2 is 1.28 bits per heavy atom. The molecule has 300 valence electrons. The number of ether oxygens (including phenoxy) is 7. The minimum Gasteiger partial charge on any atom is -0.504 e. The first-order chi connectivity index (χ1) is 25.6. The lowest BCUT2D eigenvalue weighted by Gasteiger charge is -2.48. The third-order valence-corrected chi connectivity index (χ3v) is 9.35. The molecular formula is C35H46O19. The van der Waals surface area contributed by atoms with E-state index in [1.165, 1.54) is 56.3 Å². The Bertz CT molecular complexity index is 1590. The number of esters is 1. The Morgan fingerprint density at radius 1 is 0.667 bits per heavy atom. The molecule has 0 spiro atoms. The molecule has 15 unspecified atom stereocenters. The minimum absolute atomic E-state index is 0.139. The predicted molar refractivity (Wildman–Crippen MR) is 178 cm³/mol. The molecule has 3 fully saturated rings. The summed E-state index contributed by atoms with van der Waals surface area (Å²) in [4.78, 5) is 13.1. The number of aromatic hydroxyl groups is 4. The van der Waals surface area contributed by atoms with E-state index in [2.05, 4.69) is 0 Å². The average Bonchev–Trinajstić information content (AvgIpc) is 3.14. The zero-order valence-electron chi connectivity index (χ0n) is 29.1. The average molecular weight is 771 g/mol. The van der Waals surface area contributed by atoms with E-state index < -0.39 is 110 Å². The molecule has 15 atom stereocenters.